The van der Waals surface area contributed by atoms with Gasteiger partial charge in [-0.15, -0.1) is 11.3 Å². The molecule has 0 spiro atoms. The molecule has 1 aromatic carbocycles. The first-order chi connectivity index (χ1) is 9.11. The van der Waals surface area contributed by atoms with Crippen LogP contribution in [0.5, 0.6) is 0 Å². The second-order valence-electron chi connectivity index (χ2n) is 4.36. The van der Waals surface area contributed by atoms with Gasteiger partial charge in [0, 0.05) is 10.4 Å². The van der Waals surface area contributed by atoms with Gasteiger partial charge < -0.3 is 5.32 Å². The highest BCUT2D eigenvalue weighted by Crippen LogP contribution is 2.17. The lowest BCUT2D eigenvalue weighted by Gasteiger charge is -2.08. The molecule has 0 aliphatic rings. The maximum atomic E-state index is 13.0. The molecule has 0 radical (unpaired) electrons. The Labute approximate surface area is 116 Å². The molecule has 0 aliphatic heterocycles. The molecule has 0 atom stereocenters. The molecule has 1 heterocycles. The molecule has 1 aromatic heterocycles. The van der Waals surface area contributed by atoms with Crippen LogP contribution in [0.4, 0.5) is 4.39 Å². The molecular formula is C15H16FNOS. The quantitative estimate of drug-likeness (QED) is 0.907. The number of hydrogen-bond acceptors (Lipinski definition) is 2. The molecule has 19 heavy (non-hydrogen) atoms. The summed E-state index contributed by atoms with van der Waals surface area (Å²) in [7, 11) is 0. The monoisotopic (exact) mass is 277 g/mol. The molecule has 0 aliphatic carbocycles. The highest BCUT2D eigenvalue weighted by atomic mass is 32.1. The zero-order valence-electron chi connectivity index (χ0n) is 11.0. The summed E-state index contributed by atoms with van der Waals surface area (Å²) in [6, 6.07) is 6.28. The number of hydrogen-bond donors (Lipinski definition) is 1. The van der Waals surface area contributed by atoms with Gasteiger partial charge in [-0.05, 0) is 54.1 Å². The van der Waals surface area contributed by atoms with E-state index in [0.717, 1.165) is 6.42 Å². The van der Waals surface area contributed by atoms with Crippen molar-refractivity contribution in [2.45, 2.75) is 26.8 Å². The van der Waals surface area contributed by atoms with Crippen molar-refractivity contribution < 1.29 is 9.18 Å². The van der Waals surface area contributed by atoms with E-state index in [2.05, 4.69) is 18.3 Å². The van der Waals surface area contributed by atoms with Gasteiger partial charge in [0.15, 0.2) is 0 Å². The summed E-state index contributed by atoms with van der Waals surface area (Å²) in [5.74, 6) is -0.478. The Morgan fingerprint density at radius 2 is 2.16 bits per heavy atom. The largest absolute Gasteiger partial charge is 0.347 e. The van der Waals surface area contributed by atoms with E-state index in [-0.39, 0.29) is 11.7 Å². The van der Waals surface area contributed by atoms with Crippen LogP contribution in [-0.4, -0.2) is 5.91 Å². The third-order valence-electron chi connectivity index (χ3n) is 3.06. The molecule has 4 heteroatoms. The topological polar surface area (TPSA) is 29.1 Å². The summed E-state index contributed by atoms with van der Waals surface area (Å²) >= 11 is 1.64. The van der Waals surface area contributed by atoms with Gasteiger partial charge in [0.05, 0.1) is 6.54 Å². The van der Waals surface area contributed by atoms with Gasteiger partial charge in [0.2, 0.25) is 0 Å². The standard InChI is InChI=1S/C15H16FNOS/c1-3-11-6-7-19-14(11)9-17-15(18)13-5-4-12(16)8-10(13)2/h4-8H,3,9H2,1-2H3,(H,17,18). The average Bonchev–Trinajstić information content (AvgIpc) is 2.83. The third-order valence-corrected chi connectivity index (χ3v) is 4.02. The minimum Gasteiger partial charge on any atom is -0.347 e. The fourth-order valence-corrected chi connectivity index (χ4v) is 2.89. The number of amides is 1. The summed E-state index contributed by atoms with van der Waals surface area (Å²) in [4.78, 5) is 13.2. The smallest absolute Gasteiger partial charge is 0.251 e. The van der Waals surface area contributed by atoms with Gasteiger partial charge in [-0.25, -0.2) is 4.39 Å². The zero-order valence-corrected chi connectivity index (χ0v) is 11.8. The summed E-state index contributed by atoms with van der Waals surface area (Å²) < 4.78 is 13.0. The maximum absolute atomic E-state index is 13.0. The van der Waals surface area contributed by atoms with Crippen LogP contribution < -0.4 is 5.32 Å². The van der Waals surface area contributed by atoms with Crippen LogP contribution in [0.25, 0.3) is 0 Å². The number of carbonyl (C=O) groups excluding carboxylic acids is 1. The van der Waals surface area contributed by atoms with Crippen LogP contribution in [0.2, 0.25) is 0 Å². The molecule has 0 fully saturated rings. The third kappa shape index (κ3) is 3.20. The lowest BCUT2D eigenvalue weighted by Crippen LogP contribution is -2.23. The number of rotatable bonds is 4. The van der Waals surface area contributed by atoms with Crippen LogP contribution in [0.1, 0.15) is 33.3 Å². The van der Waals surface area contributed by atoms with Gasteiger partial charge in [0.1, 0.15) is 5.82 Å². The number of aryl methyl sites for hydroxylation is 2. The second kappa shape index (κ2) is 5.97. The SMILES string of the molecule is CCc1ccsc1CNC(=O)c1ccc(F)cc1C. The van der Waals surface area contributed by atoms with Crippen molar-refractivity contribution in [2.75, 3.05) is 0 Å². The molecule has 1 N–H and O–H groups in total. The molecule has 0 bridgehead atoms. The van der Waals surface area contributed by atoms with Crippen molar-refractivity contribution in [2.24, 2.45) is 0 Å². The first-order valence-electron chi connectivity index (χ1n) is 6.21. The minimum atomic E-state index is -0.319. The molecule has 2 nitrogen and oxygen atoms in total. The first-order valence-corrected chi connectivity index (χ1v) is 7.09. The van der Waals surface area contributed by atoms with Crippen molar-refractivity contribution in [1.82, 2.24) is 5.32 Å². The molecule has 1 amide bonds. The van der Waals surface area contributed by atoms with Crippen LogP contribution in [0, 0.1) is 12.7 Å². The lowest BCUT2D eigenvalue weighted by molar-refractivity contribution is 0.0950. The average molecular weight is 277 g/mol. The van der Waals surface area contributed by atoms with E-state index in [4.69, 9.17) is 0 Å². The van der Waals surface area contributed by atoms with E-state index < -0.39 is 0 Å². The summed E-state index contributed by atoms with van der Waals surface area (Å²) in [5.41, 5.74) is 2.44. The molecule has 0 saturated carbocycles. The lowest BCUT2D eigenvalue weighted by atomic mass is 10.1. The molecule has 0 saturated heterocycles. The van der Waals surface area contributed by atoms with Crippen LogP contribution in [-0.2, 0) is 13.0 Å². The Morgan fingerprint density at radius 3 is 2.84 bits per heavy atom. The van der Waals surface area contributed by atoms with Gasteiger partial charge in [-0.2, -0.15) is 0 Å². The van der Waals surface area contributed by atoms with Crippen molar-refractivity contribution in [3.8, 4) is 0 Å². The fraction of sp³-hybridized carbons (Fsp3) is 0.267. The normalized spacial score (nSPS) is 10.5. The van der Waals surface area contributed by atoms with E-state index in [1.807, 2.05) is 5.38 Å². The number of thiophene rings is 1. The highest BCUT2D eigenvalue weighted by Gasteiger charge is 2.10. The number of benzene rings is 1. The molecule has 2 rings (SSSR count). The van der Waals surface area contributed by atoms with Gasteiger partial charge >= 0.3 is 0 Å². The number of carbonyl (C=O) groups is 1. The van der Waals surface area contributed by atoms with E-state index in [9.17, 15) is 9.18 Å². The van der Waals surface area contributed by atoms with Crippen LogP contribution in [0.3, 0.4) is 0 Å². The second-order valence-corrected chi connectivity index (χ2v) is 5.37. The van der Waals surface area contributed by atoms with E-state index >= 15 is 0 Å². The van der Waals surface area contributed by atoms with Crippen LogP contribution in [0.15, 0.2) is 29.6 Å². The number of halogens is 1. The van der Waals surface area contributed by atoms with E-state index in [1.54, 1.807) is 18.3 Å². The first kappa shape index (κ1) is 13.7. The van der Waals surface area contributed by atoms with Crippen molar-refractivity contribution in [3.63, 3.8) is 0 Å². The van der Waals surface area contributed by atoms with E-state index in [1.165, 1.54) is 28.6 Å². The van der Waals surface area contributed by atoms with Crippen LogP contribution >= 0.6 is 11.3 Å². The molecular weight excluding hydrogens is 261 g/mol. The molecule has 2 aromatic rings. The number of nitrogens with one attached hydrogen (secondary N) is 1. The van der Waals surface area contributed by atoms with Crippen molar-refractivity contribution >= 4 is 17.2 Å². The summed E-state index contributed by atoms with van der Waals surface area (Å²) in [6.45, 7) is 4.36. The Hall–Kier alpha value is -1.68. The van der Waals surface area contributed by atoms with Gasteiger partial charge in [-0.3, -0.25) is 4.79 Å². The van der Waals surface area contributed by atoms with Gasteiger partial charge in [0.25, 0.3) is 5.91 Å². The Kier molecular flexibility index (Phi) is 4.32. The Balaban J connectivity index is 2.05. The predicted octanol–water partition coefficient (Wildman–Crippen LogP) is 3.69. The fourth-order valence-electron chi connectivity index (χ4n) is 1.97. The van der Waals surface area contributed by atoms with Crippen molar-refractivity contribution in [3.05, 3.63) is 57.0 Å². The van der Waals surface area contributed by atoms with Crippen molar-refractivity contribution in [1.29, 1.82) is 0 Å². The summed E-state index contributed by atoms with van der Waals surface area (Å²) in [6.07, 6.45) is 0.963. The highest BCUT2D eigenvalue weighted by molar-refractivity contribution is 7.10. The van der Waals surface area contributed by atoms with Gasteiger partial charge in [-0.1, -0.05) is 6.92 Å². The summed E-state index contributed by atoms with van der Waals surface area (Å²) in [5, 5.41) is 4.92. The Bertz CT molecular complexity index is 592. The zero-order chi connectivity index (χ0) is 13.8. The Morgan fingerprint density at radius 1 is 1.37 bits per heavy atom. The molecule has 0 unspecified atom stereocenters. The minimum absolute atomic E-state index is 0.159. The maximum Gasteiger partial charge on any atom is 0.251 e. The molecule has 100 valence electrons. The predicted molar refractivity (Wildman–Crippen MR) is 76.0 cm³/mol. The van der Waals surface area contributed by atoms with E-state index in [0.29, 0.717) is 17.7 Å².